The van der Waals surface area contributed by atoms with Crippen LogP contribution in [0.15, 0.2) is 54.6 Å². The number of anilines is 1. The van der Waals surface area contributed by atoms with Gasteiger partial charge < -0.3 is 15.0 Å². The molecule has 198 valence electrons. The number of amides is 2. The van der Waals surface area contributed by atoms with Gasteiger partial charge in [0.25, 0.3) is 11.6 Å². The first kappa shape index (κ1) is 26.7. The second kappa shape index (κ2) is 11.4. The molecular formula is C28H27F2N3O5. The van der Waals surface area contributed by atoms with Crippen molar-refractivity contribution >= 4 is 23.2 Å². The second-order valence-electron chi connectivity index (χ2n) is 9.19. The minimum atomic E-state index is -0.834. The van der Waals surface area contributed by atoms with Crippen molar-refractivity contribution in [2.24, 2.45) is 0 Å². The molecule has 8 nitrogen and oxygen atoms in total. The molecule has 0 unspecified atom stereocenters. The first-order valence-electron chi connectivity index (χ1n) is 12.1. The Bertz CT molecular complexity index is 1370. The third kappa shape index (κ3) is 5.80. The van der Waals surface area contributed by atoms with E-state index in [4.69, 9.17) is 4.74 Å². The van der Waals surface area contributed by atoms with E-state index >= 15 is 0 Å². The third-order valence-electron chi connectivity index (χ3n) is 6.88. The van der Waals surface area contributed by atoms with Crippen molar-refractivity contribution in [2.45, 2.75) is 32.1 Å². The highest BCUT2D eigenvalue weighted by molar-refractivity contribution is 6.06. The number of benzene rings is 3. The smallest absolute Gasteiger partial charge is 0.273 e. The van der Waals surface area contributed by atoms with Crippen molar-refractivity contribution in [3.05, 3.63) is 98.6 Å². The van der Waals surface area contributed by atoms with Gasteiger partial charge in [0.2, 0.25) is 5.91 Å². The van der Waals surface area contributed by atoms with E-state index in [-0.39, 0.29) is 35.1 Å². The van der Waals surface area contributed by atoms with E-state index in [0.717, 1.165) is 30.5 Å². The average Bonchev–Trinajstić information content (AvgIpc) is 2.89. The number of nitro groups is 1. The summed E-state index contributed by atoms with van der Waals surface area (Å²) in [6, 6.07) is 13.2. The summed E-state index contributed by atoms with van der Waals surface area (Å²) < 4.78 is 33.2. The summed E-state index contributed by atoms with van der Waals surface area (Å²) in [5.41, 5.74) is 1.25. The van der Waals surface area contributed by atoms with Crippen LogP contribution in [0.5, 0.6) is 5.75 Å². The number of hydrogen-bond acceptors (Lipinski definition) is 5. The van der Waals surface area contributed by atoms with E-state index in [9.17, 15) is 28.5 Å². The number of carbonyl (C=O) groups excluding carboxylic acids is 2. The van der Waals surface area contributed by atoms with Crippen LogP contribution < -0.4 is 10.1 Å². The number of nitro benzene ring substituents is 1. The zero-order valence-corrected chi connectivity index (χ0v) is 21.0. The minimum absolute atomic E-state index is 0.0405. The molecule has 2 amide bonds. The largest absolute Gasteiger partial charge is 0.496 e. The number of halogens is 2. The lowest BCUT2D eigenvalue weighted by Gasteiger charge is -2.32. The Balaban J connectivity index is 1.35. The number of rotatable bonds is 7. The van der Waals surface area contributed by atoms with Gasteiger partial charge >= 0.3 is 0 Å². The Morgan fingerprint density at radius 2 is 1.76 bits per heavy atom. The predicted octanol–water partition coefficient (Wildman–Crippen LogP) is 5.39. The molecule has 0 aliphatic carbocycles. The van der Waals surface area contributed by atoms with Crippen molar-refractivity contribution in [3.63, 3.8) is 0 Å². The fourth-order valence-electron chi connectivity index (χ4n) is 4.80. The first-order valence-corrected chi connectivity index (χ1v) is 12.1. The molecule has 0 spiro atoms. The van der Waals surface area contributed by atoms with Gasteiger partial charge in [-0.1, -0.05) is 12.1 Å². The molecule has 1 N–H and O–H groups in total. The summed E-state index contributed by atoms with van der Waals surface area (Å²) in [6.45, 7) is 2.46. The SMILES string of the molecule is COc1ccc(F)cc1CC(=O)N1CCC(c2ccc(NC(=O)c3c(F)ccc([N+](=O)[O-])c3C)cc2)CC1. The minimum Gasteiger partial charge on any atom is -0.496 e. The van der Waals surface area contributed by atoms with Gasteiger partial charge in [-0.05, 0) is 67.6 Å². The quantitative estimate of drug-likeness (QED) is 0.331. The van der Waals surface area contributed by atoms with Crippen LogP contribution in [0.25, 0.3) is 0 Å². The number of piperidine rings is 1. The van der Waals surface area contributed by atoms with Gasteiger partial charge in [-0.15, -0.1) is 0 Å². The normalized spacial score (nSPS) is 13.7. The molecule has 1 saturated heterocycles. The van der Waals surface area contributed by atoms with Crippen molar-refractivity contribution in [1.29, 1.82) is 0 Å². The predicted molar refractivity (Wildman–Crippen MR) is 137 cm³/mol. The van der Waals surface area contributed by atoms with Crippen LogP contribution >= 0.6 is 0 Å². The van der Waals surface area contributed by atoms with Crippen LogP contribution in [0.3, 0.4) is 0 Å². The first-order chi connectivity index (χ1) is 18.2. The van der Waals surface area contributed by atoms with E-state index in [0.29, 0.717) is 30.1 Å². The van der Waals surface area contributed by atoms with E-state index in [1.165, 1.54) is 32.2 Å². The van der Waals surface area contributed by atoms with Gasteiger partial charge in [0.05, 0.1) is 24.0 Å². The summed E-state index contributed by atoms with van der Waals surface area (Å²) in [7, 11) is 1.48. The van der Waals surface area contributed by atoms with Gasteiger partial charge in [0, 0.05) is 36.0 Å². The summed E-state index contributed by atoms with van der Waals surface area (Å²) in [5.74, 6) is -1.42. The average molecular weight is 524 g/mol. The Morgan fingerprint density at radius 3 is 2.39 bits per heavy atom. The van der Waals surface area contributed by atoms with Crippen LogP contribution in [0.2, 0.25) is 0 Å². The van der Waals surface area contributed by atoms with Crippen LogP contribution in [-0.4, -0.2) is 41.8 Å². The summed E-state index contributed by atoms with van der Waals surface area (Å²) >= 11 is 0. The lowest BCUT2D eigenvalue weighted by Crippen LogP contribution is -2.38. The fourth-order valence-corrected chi connectivity index (χ4v) is 4.80. The number of ether oxygens (including phenoxy) is 1. The van der Waals surface area contributed by atoms with Crippen LogP contribution in [0, 0.1) is 28.7 Å². The Hall–Kier alpha value is -4.34. The third-order valence-corrected chi connectivity index (χ3v) is 6.88. The molecule has 38 heavy (non-hydrogen) atoms. The zero-order chi connectivity index (χ0) is 27.4. The molecular weight excluding hydrogens is 496 g/mol. The highest BCUT2D eigenvalue weighted by Crippen LogP contribution is 2.30. The molecule has 1 aliphatic rings. The molecule has 10 heteroatoms. The molecule has 1 aliphatic heterocycles. The number of methoxy groups -OCH3 is 1. The molecule has 1 fully saturated rings. The number of hydrogen-bond donors (Lipinski definition) is 1. The zero-order valence-electron chi connectivity index (χ0n) is 21.0. The van der Waals surface area contributed by atoms with Gasteiger partial charge in [-0.25, -0.2) is 8.78 Å². The monoisotopic (exact) mass is 523 g/mol. The van der Waals surface area contributed by atoms with Crippen LogP contribution in [0.4, 0.5) is 20.2 Å². The summed E-state index contributed by atoms with van der Waals surface area (Å²) in [6.07, 6.45) is 1.55. The molecule has 1 heterocycles. The summed E-state index contributed by atoms with van der Waals surface area (Å²) in [4.78, 5) is 37.7. The lowest BCUT2D eigenvalue weighted by atomic mass is 9.89. The molecule has 3 aromatic rings. The van der Waals surface area contributed by atoms with E-state index in [2.05, 4.69) is 5.32 Å². The molecule has 0 bridgehead atoms. The van der Waals surface area contributed by atoms with Gasteiger partial charge in [-0.3, -0.25) is 19.7 Å². The maximum Gasteiger partial charge on any atom is 0.273 e. The molecule has 0 radical (unpaired) electrons. The highest BCUT2D eigenvalue weighted by atomic mass is 19.1. The van der Waals surface area contributed by atoms with Crippen LogP contribution in [-0.2, 0) is 11.2 Å². The lowest BCUT2D eigenvalue weighted by molar-refractivity contribution is -0.385. The Kier molecular flexibility index (Phi) is 7.99. The molecule has 0 saturated carbocycles. The molecule has 3 aromatic carbocycles. The fraction of sp³-hybridized carbons (Fsp3) is 0.286. The molecule has 0 atom stereocenters. The maximum atomic E-state index is 14.3. The van der Waals surface area contributed by atoms with Crippen molar-refractivity contribution in [1.82, 2.24) is 4.90 Å². The molecule has 0 aromatic heterocycles. The van der Waals surface area contributed by atoms with Crippen molar-refractivity contribution in [2.75, 3.05) is 25.5 Å². The maximum absolute atomic E-state index is 14.3. The van der Waals surface area contributed by atoms with Gasteiger partial charge in [0.15, 0.2) is 0 Å². The second-order valence-corrected chi connectivity index (χ2v) is 9.19. The van der Waals surface area contributed by atoms with Crippen LogP contribution in [0.1, 0.15) is 45.8 Å². The van der Waals surface area contributed by atoms with Gasteiger partial charge in [-0.2, -0.15) is 0 Å². The highest BCUT2D eigenvalue weighted by Gasteiger charge is 2.26. The Labute approximate surface area is 218 Å². The number of carbonyl (C=O) groups is 2. The summed E-state index contributed by atoms with van der Waals surface area (Å²) in [5, 5.41) is 13.7. The van der Waals surface area contributed by atoms with E-state index in [1.807, 2.05) is 12.1 Å². The number of nitrogens with one attached hydrogen (secondary N) is 1. The van der Waals surface area contributed by atoms with E-state index < -0.39 is 22.5 Å². The van der Waals surface area contributed by atoms with Gasteiger partial charge in [0.1, 0.15) is 17.4 Å². The number of nitrogens with zero attached hydrogens (tertiary/aromatic N) is 2. The Morgan fingerprint density at radius 1 is 1.08 bits per heavy atom. The topological polar surface area (TPSA) is 102 Å². The molecule has 4 rings (SSSR count). The number of likely N-dealkylation sites (tertiary alicyclic amines) is 1. The van der Waals surface area contributed by atoms with Crippen molar-refractivity contribution < 1.29 is 28.0 Å². The standard InChI is InChI=1S/C28H27F2N3O5/c1-17-24(33(36)37)9-8-23(30)27(17)28(35)31-22-6-3-18(4-7-22)19-11-13-32(14-12-19)26(34)16-20-15-21(29)5-10-25(20)38-2/h3-10,15,19H,11-14,16H2,1-2H3,(H,31,35). The van der Waals surface area contributed by atoms with E-state index in [1.54, 1.807) is 17.0 Å². The van der Waals surface area contributed by atoms with Crippen molar-refractivity contribution in [3.8, 4) is 5.75 Å².